The Hall–Kier alpha value is -0.450. The molecular formula is C10H15NO2S. The highest BCUT2D eigenvalue weighted by atomic mass is 32.1. The van der Waals surface area contributed by atoms with Crippen molar-refractivity contribution in [3.8, 4) is 0 Å². The van der Waals surface area contributed by atoms with Crippen molar-refractivity contribution in [2.75, 3.05) is 6.61 Å². The van der Waals surface area contributed by atoms with E-state index >= 15 is 0 Å². The van der Waals surface area contributed by atoms with E-state index in [9.17, 15) is 0 Å². The SMILES string of the molecule is CCc1nc(C2CCC(CO)O2)cs1. The maximum Gasteiger partial charge on any atom is 0.101 e. The van der Waals surface area contributed by atoms with E-state index in [1.54, 1.807) is 11.3 Å². The number of aryl methyl sites for hydroxylation is 1. The maximum absolute atomic E-state index is 8.94. The van der Waals surface area contributed by atoms with Gasteiger partial charge in [-0.25, -0.2) is 4.98 Å². The number of hydrogen-bond donors (Lipinski definition) is 1. The van der Waals surface area contributed by atoms with Crippen molar-refractivity contribution in [1.82, 2.24) is 4.98 Å². The summed E-state index contributed by atoms with van der Waals surface area (Å²) >= 11 is 1.69. The molecule has 0 aromatic carbocycles. The van der Waals surface area contributed by atoms with Crippen LogP contribution in [-0.2, 0) is 11.2 Å². The summed E-state index contributed by atoms with van der Waals surface area (Å²) in [5.41, 5.74) is 1.04. The molecule has 2 heterocycles. The first-order valence-corrected chi connectivity index (χ1v) is 5.92. The third-order valence-corrected chi connectivity index (χ3v) is 3.52. The minimum absolute atomic E-state index is 0.0202. The molecule has 1 N–H and O–H groups in total. The predicted molar refractivity (Wildman–Crippen MR) is 55.4 cm³/mol. The summed E-state index contributed by atoms with van der Waals surface area (Å²) in [7, 11) is 0. The molecule has 3 nitrogen and oxygen atoms in total. The molecule has 0 aliphatic carbocycles. The normalized spacial score (nSPS) is 27.0. The fourth-order valence-electron chi connectivity index (χ4n) is 1.69. The summed E-state index contributed by atoms with van der Waals surface area (Å²) in [4.78, 5) is 4.49. The van der Waals surface area contributed by atoms with Gasteiger partial charge in [-0.2, -0.15) is 0 Å². The monoisotopic (exact) mass is 213 g/mol. The molecule has 0 bridgehead atoms. The van der Waals surface area contributed by atoms with Gasteiger partial charge in [-0.1, -0.05) is 6.92 Å². The Kier molecular flexibility index (Phi) is 3.15. The molecule has 2 rings (SSSR count). The number of rotatable bonds is 3. The summed E-state index contributed by atoms with van der Waals surface area (Å²) in [5, 5.41) is 12.2. The lowest BCUT2D eigenvalue weighted by Crippen LogP contribution is -2.11. The summed E-state index contributed by atoms with van der Waals surface area (Å²) in [6.07, 6.45) is 3.05. The van der Waals surface area contributed by atoms with Crippen LogP contribution in [-0.4, -0.2) is 22.8 Å². The zero-order chi connectivity index (χ0) is 9.97. The van der Waals surface area contributed by atoms with Gasteiger partial charge in [0, 0.05) is 5.38 Å². The second kappa shape index (κ2) is 4.38. The first-order valence-electron chi connectivity index (χ1n) is 5.04. The second-order valence-corrected chi connectivity index (χ2v) is 4.47. The van der Waals surface area contributed by atoms with E-state index in [1.807, 2.05) is 0 Å². The minimum atomic E-state index is 0.0202. The van der Waals surface area contributed by atoms with Gasteiger partial charge in [-0.05, 0) is 19.3 Å². The molecule has 1 aliphatic heterocycles. The molecular weight excluding hydrogens is 198 g/mol. The molecule has 14 heavy (non-hydrogen) atoms. The number of aromatic nitrogens is 1. The predicted octanol–water partition coefficient (Wildman–Crippen LogP) is 1.92. The first-order chi connectivity index (χ1) is 6.83. The summed E-state index contributed by atoms with van der Waals surface area (Å²) in [6, 6.07) is 0. The van der Waals surface area contributed by atoms with E-state index in [-0.39, 0.29) is 18.8 Å². The minimum Gasteiger partial charge on any atom is -0.394 e. The van der Waals surface area contributed by atoms with Crippen LogP contribution in [0.25, 0.3) is 0 Å². The Morgan fingerprint density at radius 2 is 2.50 bits per heavy atom. The van der Waals surface area contributed by atoms with Gasteiger partial charge in [0.2, 0.25) is 0 Å². The van der Waals surface area contributed by atoms with Gasteiger partial charge in [0.25, 0.3) is 0 Å². The third-order valence-electron chi connectivity index (χ3n) is 2.51. The van der Waals surface area contributed by atoms with Crippen LogP contribution >= 0.6 is 11.3 Å². The summed E-state index contributed by atoms with van der Waals surface area (Å²) in [5.74, 6) is 0. The molecule has 1 aromatic rings. The van der Waals surface area contributed by atoms with E-state index < -0.39 is 0 Å². The van der Waals surface area contributed by atoms with Crippen molar-refractivity contribution < 1.29 is 9.84 Å². The van der Waals surface area contributed by atoms with Gasteiger partial charge in [-0.15, -0.1) is 11.3 Å². The van der Waals surface area contributed by atoms with Crippen molar-refractivity contribution in [1.29, 1.82) is 0 Å². The molecule has 1 aromatic heterocycles. The third kappa shape index (κ3) is 1.97. The van der Waals surface area contributed by atoms with Crippen LogP contribution in [0.15, 0.2) is 5.38 Å². The zero-order valence-electron chi connectivity index (χ0n) is 8.27. The van der Waals surface area contributed by atoms with Gasteiger partial charge >= 0.3 is 0 Å². The van der Waals surface area contributed by atoms with Gasteiger partial charge in [0.05, 0.1) is 23.4 Å². The molecule has 1 aliphatic rings. The number of thiazole rings is 1. The Balaban J connectivity index is 2.02. The second-order valence-electron chi connectivity index (χ2n) is 3.53. The largest absolute Gasteiger partial charge is 0.394 e. The topological polar surface area (TPSA) is 42.4 Å². The lowest BCUT2D eigenvalue weighted by Gasteiger charge is -2.08. The standard InChI is InChI=1S/C10H15NO2S/c1-2-10-11-8(6-14-10)9-4-3-7(5-12)13-9/h6-7,9,12H,2-5H2,1H3. The average Bonchev–Trinajstić information content (AvgIpc) is 2.86. The van der Waals surface area contributed by atoms with Crippen LogP contribution in [0.3, 0.4) is 0 Å². The van der Waals surface area contributed by atoms with E-state index in [2.05, 4.69) is 17.3 Å². The average molecular weight is 213 g/mol. The fourth-order valence-corrected chi connectivity index (χ4v) is 2.48. The molecule has 78 valence electrons. The van der Waals surface area contributed by atoms with E-state index in [0.29, 0.717) is 0 Å². The molecule has 0 spiro atoms. The van der Waals surface area contributed by atoms with Crippen molar-refractivity contribution >= 4 is 11.3 Å². The Morgan fingerprint density at radius 3 is 3.07 bits per heavy atom. The number of aliphatic hydroxyl groups excluding tert-OH is 1. The van der Waals surface area contributed by atoms with Gasteiger partial charge in [0.1, 0.15) is 6.10 Å². The number of nitrogens with zero attached hydrogens (tertiary/aromatic N) is 1. The first kappa shape index (κ1) is 10.1. The van der Waals surface area contributed by atoms with E-state index in [4.69, 9.17) is 9.84 Å². The van der Waals surface area contributed by atoms with Crippen LogP contribution in [0.5, 0.6) is 0 Å². The highest BCUT2D eigenvalue weighted by molar-refractivity contribution is 7.09. The van der Waals surface area contributed by atoms with Gasteiger partial charge < -0.3 is 9.84 Å². The lowest BCUT2D eigenvalue weighted by molar-refractivity contribution is 0.00943. The van der Waals surface area contributed by atoms with Gasteiger partial charge in [0.15, 0.2) is 0 Å². The maximum atomic E-state index is 8.94. The smallest absolute Gasteiger partial charge is 0.101 e. The Bertz CT molecular complexity index is 300. The van der Waals surface area contributed by atoms with Crippen molar-refractivity contribution in [2.24, 2.45) is 0 Å². The molecule has 0 amide bonds. The quantitative estimate of drug-likeness (QED) is 0.834. The zero-order valence-corrected chi connectivity index (χ0v) is 9.09. The lowest BCUT2D eigenvalue weighted by atomic mass is 10.2. The summed E-state index contributed by atoms with van der Waals surface area (Å²) in [6.45, 7) is 2.23. The fraction of sp³-hybridized carbons (Fsp3) is 0.700. The van der Waals surface area contributed by atoms with Crippen LogP contribution in [0.2, 0.25) is 0 Å². The van der Waals surface area contributed by atoms with Crippen LogP contribution in [0.1, 0.15) is 36.6 Å². The van der Waals surface area contributed by atoms with Crippen molar-refractivity contribution in [2.45, 2.75) is 38.4 Å². The van der Waals surface area contributed by atoms with E-state index in [0.717, 1.165) is 30.0 Å². The molecule has 1 fully saturated rings. The highest BCUT2D eigenvalue weighted by Gasteiger charge is 2.27. The molecule has 4 heteroatoms. The number of aliphatic hydroxyl groups is 1. The molecule has 2 atom stereocenters. The molecule has 0 saturated carbocycles. The van der Waals surface area contributed by atoms with Crippen LogP contribution < -0.4 is 0 Å². The molecule has 1 saturated heterocycles. The molecule has 2 unspecified atom stereocenters. The number of ether oxygens (including phenoxy) is 1. The van der Waals surface area contributed by atoms with Crippen LogP contribution in [0.4, 0.5) is 0 Å². The van der Waals surface area contributed by atoms with Crippen LogP contribution in [0, 0.1) is 0 Å². The molecule has 0 radical (unpaired) electrons. The van der Waals surface area contributed by atoms with Crippen molar-refractivity contribution in [3.05, 3.63) is 16.1 Å². The summed E-state index contributed by atoms with van der Waals surface area (Å²) < 4.78 is 5.65. The number of hydrogen-bond acceptors (Lipinski definition) is 4. The van der Waals surface area contributed by atoms with Crippen molar-refractivity contribution in [3.63, 3.8) is 0 Å². The highest BCUT2D eigenvalue weighted by Crippen LogP contribution is 2.32. The Labute approximate surface area is 87.7 Å². The van der Waals surface area contributed by atoms with E-state index in [1.165, 1.54) is 0 Å². The Morgan fingerprint density at radius 1 is 1.64 bits per heavy atom. The van der Waals surface area contributed by atoms with Gasteiger partial charge in [-0.3, -0.25) is 0 Å².